The van der Waals surface area contributed by atoms with Gasteiger partial charge in [-0.3, -0.25) is 34.2 Å². The molecule has 1 unspecified atom stereocenters. The lowest BCUT2D eigenvalue weighted by Crippen LogP contribution is -2.54. The van der Waals surface area contributed by atoms with E-state index in [0.29, 0.717) is 11.4 Å². The van der Waals surface area contributed by atoms with Crippen LogP contribution in [-0.2, 0) is 14.4 Å². The molecule has 5 amide bonds. The minimum Gasteiger partial charge on any atom is -0.483 e. The third-order valence-electron chi connectivity index (χ3n) is 5.92. The second-order valence-corrected chi connectivity index (χ2v) is 8.75. The molecule has 0 aromatic heterocycles. The highest BCUT2D eigenvalue weighted by Gasteiger charge is 2.46. The number of benzene rings is 3. The fraction of sp³-hybridized carbons (Fsp3) is 0.148. The Hall–Kier alpha value is -5.39. The van der Waals surface area contributed by atoms with E-state index in [4.69, 9.17) is 21.9 Å². The highest BCUT2D eigenvalue weighted by molar-refractivity contribution is 6.24. The van der Waals surface area contributed by atoms with Crippen molar-refractivity contribution in [1.29, 1.82) is 0 Å². The van der Waals surface area contributed by atoms with Crippen LogP contribution in [0.3, 0.4) is 0 Å². The first kappa shape index (κ1) is 26.7. The number of carbonyl (C=O) groups is 5. The average molecular weight is 531 g/mol. The summed E-state index contributed by atoms with van der Waals surface area (Å²) >= 11 is 0. The zero-order chi connectivity index (χ0) is 28.1. The fourth-order valence-corrected chi connectivity index (χ4v) is 4.01. The third-order valence-corrected chi connectivity index (χ3v) is 5.92. The monoisotopic (exact) mass is 530 g/mol. The van der Waals surface area contributed by atoms with E-state index in [1.807, 2.05) is 0 Å². The topological polar surface area (TPSA) is 200 Å². The van der Waals surface area contributed by atoms with Crippen LogP contribution in [0, 0.1) is 0 Å². The molecule has 5 rings (SSSR count). The molecule has 2 heterocycles. The van der Waals surface area contributed by atoms with Gasteiger partial charge in [-0.2, -0.15) is 0 Å². The number of anilines is 4. The summed E-state index contributed by atoms with van der Waals surface area (Å²) in [6, 6.07) is 17.0. The zero-order valence-corrected chi connectivity index (χ0v) is 20.7. The van der Waals surface area contributed by atoms with Crippen molar-refractivity contribution in [3.63, 3.8) is 0 Å². The van der Waals surface area contributed by atoms with E-state index in [1.54, 1.807) is 48.5 Å². The number of nitrogens with one attached hydrogen (secondary N) is 2. The standard InChI is InChI=1S/C21H18N4O6.C6H8N2/c22-11-4-6-12(7-5-11)23-17(27)10-31-15-3-1-2-13-18(15)21(30)25(20(13)29)14-8-9-16(26)24-19(14)28;7-5-1-2-6(8)4-3-5/h1-7,14H,8-10,22H2,(H,23,27)(H,24,26,28);1-4H,7-8H2. The van der Waals surface area contributed by atoms with Crippen LogP contribution >= 0.6 is 0 Å². The molecular weight excluding hydrogens is 504 g/mol. The molecule has 200 valence electrons. The van der Waals surface area contributed by atoms with Gasteiger partial charge in [-0.05, 0) is 67.1 Å². The zero-order valence-electron chi connectivity index (χ0n) is 20.7. The summed E-state index contributed by atoms with van der Waals surface area (Å²) in [7, 11) is 0. The Balaban J connectivity index is 0.000000379. The van der Waals surface area contributed by atoms with E-state index in [9.17, 15) is 24.0 Å². The number of nitrogen functional groups attached to an aromatic ring is 3. The summed E-state index contributed by atoms with van der Waals surface area (Å²) in [6.45, 7) is -0.402. The van der Waals surface area contributed by atoms with Crippen LogP contribution < -0.4 is 32.6 Å². The van der Waals surface area contributed by atoms with Crippen molar-refractivity contribution in [2.24, 2.45) is 0 Å². The van der Waals surface area contributed by atoms with Gasteiger partial charge in [-0.15, -0.1) is 0 Å². The van der Waals surface area contributed by atoms with Crippen molar-refractivity contribution in [2.45, 2.75) is 18.9 Å². The van der Waals surface area contributed by atoms with Gasteiger partial charge in [0.2, 0.25) is 11.8 Å². The lowest BCUT2D eigenvalue weighted by molar-refractivity contribution is -0.136. The Morgan fingerprint density at radius 3 is 2.05 bits per heavy atom. The van der Waals surface area contributed by atoms with E-state index in [2.05, 4.69) is 10.6 Å². The second-order valence-electron chi connectivity index (χ2n) is 8.75. The summed E-state index contributed by atoms with van der Waals surface area (Å²) < 4.78 is 5.51. The first-order valence-electron chi connectivity index (χ1n) is 11.9. The predicted octanol–water partition coefficient (Wildman–Crippen LogP) is 1.54. The molecule has 12 nitrogen and oxygen atoms in total. The lowest BCUT2D eigenvalue weighted by atomic mass is 10.0. The van der Waals surface area contributed by atoms with Crippen molar-refractivity contribution < 1.29 is 28.7 Å². The van der Waals surface area contributed by atoms with Crippen LogP contribution in [0.5, 0.6) is 5.75 Å². The van der Waals surface area contributed by atoms with E-state index >= 15 is 0 Å². The Morgan fingerprint density at radius 2 is 1.46 bits per heavy atom. The molecule has 3 aromatic rings. The Labute approximate surface area is 223 Å². The number of nitrogens with two attached hydrogens (primary N) is 3. The van der Waals surface area contributed by atoms with Crippen LogP contribution in [0.1, 0.15) is 33.6 Å². The van der Waals surface area contributed by atoms with E-state index < -0.39 is 42.2 Å². The molecule has 39 heavy (non-hydrogen) atoms. The molecular formula is C27H26N6O6. The number of nitrogens with zero attached hydrogens (tertiary/aromatic N) is 1. The minimum atomic E-state index is -1.08. The smallest absolute Gasteiger partial charge is 0.266 e. The van der Waals surface area contributed by atoms with Crippen molar-refractivity contribution in [3.05, 3.63) is 77.9 Å². The molecule has 0 aliphatic carbocycles. The molecule has 12 heteroatoms. The highest BCUT2D eigenvalue weighted by Crippen LogP contribution is 2.33. The maximum absolute atomic E-state index is 13.0. The minimum absolute atomic E-state index is 0.0162. The van der Waals surface area contributed by atoms with E-state index in [-0.39, 0.29) is 29.7 Å². The van der Waals surface area contributed by atoms with Gasteiger partial charge in [-0.25, -0.2) is 0 Å². The number of hydrogen-bond donors (Lipinski definition) is 5. The van der Waals surface area contributed by atoms with Gasteiger partial charge in [0.1, 0.15) is 11.8 Å². The Bertz CT molecular complexity index is 1420. The number of piperidine rings is 1. The molecule has 1 atom stereocenters. The number of ether oxygens (including phenoxy) is 1. The first-order chi connectivity index (χ1) is 18.6. The maximum atomic E-state index is 13.0. The van der Waals surface area contributed by atoms with Gasteiger partial charge in [-0.1, -0.05) is 6.07 Å². The van der Waals surface area contributed by atoms with Gasteiger partial charge in [0.05, 0.1) is 11.1 Å². The third kappa shape index (κ3) is 6.13. The highest BCUT2D eigenvalue weighted by atomic mass is 16.5. The fourth-order valence-electron chi connectivity index (χ4n) is 4.01. The van der Waals surface area contributed by atoms with Crippen molar-refractivity contribution >= 4 is 52.3 Å². The maximum Gasteiger partial charge on any atom is 0.266 e. The predicted molar refractivity (Wildman–Crippen MR) is 143 cm³/mol. The number of imide groups is 2. The number of fused-ring (bicyclic) bond motifs is 1. The normalized spacial score (nSPS) is 16.1. The van der Waals surface area contributed by atoms with Gasteiger partial charge < -0.3 is 27.3 Å². The van der Waals surface area contributed by atoms with E-state index in [0.717, 1.165) is 16.3 Å². The van der Waals surface area contributed by atoms with Gasteiger partial charge in [0, 0.05) is 29.2 Å². The van der Waals surface area contributed by atoms with Crippen LogP contribution in [-0.4, -0.2) is 47.1 Å². The molecule has 0 spiro atoms. The largest absolute Gasteiger partial charge is 0.483 e. The van der Waals surface area contributed by atoms with Crippen LogP contribution in [0.25, 0.3) is 0 Å². The van der Waals surface area contributed by atoms with Gasteiger partial charge in [0.25, 0.3) is 17.7 Å². The molecule has 1 fully saturated rings. The lowest BCUT2D eigenvalue weighted by Gasteiger charge is -2.27. The number of carbonyl (C=O) groups excluding carboxylic acids is 5. The van der Waals surface area contributed by atoms with Crippen molar-refractivity contribution in [2.75, 3.05) is 29.1 Å². The van der Waals surface area contributed by atoms with E-state index in [1.165, 1.54) is 18.2 Å². The molecule has 0 bridgehead atoms. The summed E-state index contributed by atoms with van der Waals surface area (Å²) in [5.74, 6) is -2.92. The molecule has 2 aliphatic rings. The summed E-state index contributed by atoms with van der Waals surface area (Å²) in [5.41, 5.74) is 19.0. The first-order valence-corrected chi connectivity index (χ1v) is 11.9. The van der Waals surface area contributed by atoms with Crippen LogP contribution in [0.2, 0.25) is 0 Å². The molecule has 3 aromatic carbocycles. The van der Waals surface area contributed by atoms with Crippen molar-refractivity contribution in [3.8, 4) is 5.75 Å². The second kappa shape index (κ2) is 11.3. The SMILES string of the molecule is Nc1ccc(N)cc1.Nc1ccc(NC(=O)COc2cccc3c2C(=O)N(C2CCC(=O)NC2=O)C3=O)cc1. The molecule has 1 saturated heterocycles. The number of hydrogen-bond acceptors (Lipinski definition) is 9. The average Bonchev–Trinajstić information content (AvgIpc) is 3.16. The van der Waals surface area contributed by atoms with Crippen molar-refractivity contribution in [1.82, 2.24) is 10.2 Å². The molecule has 8 N–H and O–H groups in total. The number of amides is 5. The Morgan fingerprint density at radius 1 is 0.872 bits per heavy atom. The molecule has 2 aliphatic heterocycles. The van der Waals surface area contributed by atoms with Crippen LogP contribution in [0.4, 0.5) is 22.7 Å². The van der Waals surface area contributed by atoms with Gasteiger partial charge in [0.15, 0.2) is 6.61 Å². The number of rotatable bonds is 5. The summed E-state index contributed by atoms with van der Waals surface area (Å²) in [5, 5.41) is 4.77. The van der Waals surface area contributed by atoms with Crippen LogP contribution in [0.15, 0.2) is 66.7 Å². The molecule has 0 saturated carbocycles. The van der Waals surface area contributed by atoms with Gasteiger partial charge >= 0.3 is 0 Å². The molecule has 0 radical (unpaired) electrons. The summed E-state index contributed by atoms with van der Waals surface area (Å²) in [6.07, 6.45) is 0.0782. The summed E-state index contributed by atoms with van der Waals surface area (Å²) in [4.78, 5) is 62.3. The quantitative estimate of drug-likeness (QED) is 0.240. The Kier molecular flexibility index (Phi) is 7.75.